The Kier molecular flexibility index (Phi) is 3.82. The maximum atomic E-state index is 5.63. The fourth-order valence-corrected chi connectivity index (χ4v) is 5.22. The SMILES string of the molecule is c1csc(C2NNC3CCN(Cc4ccc5c(c4)CCO5)CC32)c1. The molecule has 3 atom stereocenters. The third kappa shape index (κ3) is 2.65. The zero-order valence-corrected chi connectivity index (χ0v) is 14.5. The molecule has 0 saturated carbocycles. The fraction of sp³-hybridized carbons (Fsp3) is 0.474. The molecule has 0 spiro atoms. The Labute approximate surface area is 146 Å². The van der Waals surface area contributed by atoms with Crippen molar-refractivity contribution in [3.8, 4) is 5.75 Å². The standard InChI is InChI=1S/C19H23N3OS/c1-2-18(24-9-1)19-15-12-22(7-5-16(15)20-21-19)11-13-3-4-17-14(10-13)6-8-23-17/h1-4,9-10,15-16,19-21H,5-8,11-12H2. The minimum Gasteiger partial charge on any atom is -0.493 e. The lowest BCUT2D eigenvalue weighted by atomic mass is 9.87. The smallest absolute Gasteiger partial charge is 0.122 e. The topological polar surface area (TPSA) is 36.5 Å². The summed E-state index contributed by atoms with van der Waals surface area (Å²) < 4.78 is 5.63. The zero-order chi connectivity index (χ0) is 15.9. The van der Waals surface area contributed by atoms with E-state index in [9.17, 15) is 0 Å². The summed E-state index contributed by atoms with van der Waals surface area (Å²) in [5.74, 6) is 1.73. The first kappa shape index (κ1) is 14.9. The van der Waals surface area contributed by atoms with E-state index in [1.807, 2.05) is 11.3 Å². The number of hydrogen-bond acceptors (Lipinski definition) is 5. The van der Waals surface area contributed by atoms with E-state index in [4.69, 9.17) is 4.74 Å². The van der Waals surface area contributed by atoms with Crippen molar-refractivity contribution in [2.45, 2.75) is 31.5 Å². The first-order valence-electron chi connectivity index (χ1n) is 8.88. The summed E-state index contributed by atoms with van der Waals surface area (Å²) in [4.78, 5) is 4.07. The van der Waals surface area contributed by atoms with Gasteiger partial charge < -0.3 is 4.74 Å². The van der Waals surface area contributed by atoms with Crippen LogP contribution in [0.3, 0.4) is 0 Å². The lowest BCUT2D eigenvalue weighted by Gasteiger charge is -2.36. The minimum absolute atomic E-state index is 0.450. The highest BCUT2D eigenvalue weighted by Gasteiger charge is 2.40. The summed E-state index contributed by atoms with van der Waals surface area (Å²) in [6.07, 6.45) is 2.27. The minimum atomic E-state index is 0.450. The molecular formula is C19H23N3OS. The monoisotopic (exact) mass is 341 g/mol. The van der Waals surface area contributed by atoms with E-state index < -0.39 is 0 Å². The quantitative estimate of drug-likeness (QED) is 0.900. The van der Waals surface area contributed by atoms with Gasteiger partial charge in [0.1, 0.15) is 5.75 Å². The van der Waals surface area contributed by atoms with Crippen molar-refractivity contribution < 1.29 is 4.74 Å². The number of hydrazine groups is 1. The summed E-state index contributed by atoms with van der Waals surface area (Å²) in [5, 5.41) is 2.18. The highest BCUT2D eigenvalue weighted by atomic mass is 32.1. The predicted octanol–water partition coefficient (Wildman–Crippen LogP) is 2.72. The van der Waals surface area contributed by atoms with Gasteiger partial charge in [-0.3, -0.25) is 10.3 Å². The van der Waals surface area contributed by atoms with Crippen molar-refractivity contribution in [3.05, 3.63) is 51.7 Å². The molecule has 0 amide bonds. The van der Waals surface area contributed by atoms with Crippen LogP contribution in [0.15, 0.2) is 35.7 Å². The molecule has 0 radical (unpaired) electrons. The third-order valence-electron chi connectivity index (χ3n) is 5.60. The van der Waals surface area contributed by atoms with E-state index in [2.05, 4.69) is 51.5 Å². The van der Waals surface area contributed by atoms with Gasteiger partial charge in [0.15, 0.2) is 0 Å². The molecule has 5 rings (SSSR count). The van der Waals surface area contributed by atoms with Crippen LogP contribution in [0.1, 0.15) is 28.5 Å². The van der Waals surface area contributed by atoms with Gasteiger partial charge in [-0.15, -0.1) is 11.3 Å². The molecule has 1 aromatic heterocycles. The normalized spacial score (nSPS) is 29.2. The second-order valence-corrected chi connectivity index (χ2v) is 8.10. The van der Waals surface area contributed by atoms with Gasteiger partial charge in [-0.1, -0.05) is 18.2 Å². The van der Waals surface area contributed by atoms with E-state index >= 15 is 0 Å². The number of piperidine rings is 1. The molecule has 0 bridgehead atoms. The summed E-state index contributed by atoms with van der Waals surface area (Å²) in [6.45, 7) is 4.21. The van der Waals surface area contributed by atoms with E-state index in [-0.39, 0.29) is 0 Å². The lowest BCUT2D eigenvalue weighted by Crippen LogP contribution is -2.45. The molecule has 24 heavy (non-hydrogen) atoms. The predicted molar refractivity (Wildman–Crippen MR) is 96.1 cm³/mol. The van der Waals surface area contributed by atoms with Gasteiger partial charge in [-0.25, -0.2) is 5.43 Å². The Bertz CT molecular complexity index is 717. The maximum absolute atomic E-state index is 5.63. The third-order valence-corrected chi connectivity index (χ3v) is 6.56. The second-order valence-electron chi connectivity index (χ2n) is 7.12. The molecule has 2 fully saturated rings. The highest BCUT2D eigenvalue weighted by molar-refractivity contribution is 7.10. The number of likely N-dealkylation sites (tertiary alicyclic amines) is 1. The number of nitrogens with zero attached hydrogens (tertiary/aromatic N) is 1. The van der Waals surface area contributed by atoms with Gasteiger partial charge in [0, 0.05) is 42.9 Å². The fourth-order valence-electron chi connectivity index (χ4n) is 4.36. The first-order chi connectivity index (χ1) is 11.9. The maximum Gasteiger partial charge on any atom is 0.122 e. The molecule has 4 nitrogen and oxygen atoms in total. The molecule has 2 saturated heterocycles. The molecule has 4 heterocycles. The van der Waals surface area contributed by atoms with Crippen molar-refractivity contribution in [1.82, 2.24) is 15.8 Å². The van der Waals surface area contributed by atoms with E-state index in [0.29, 0.717) is 18.0 Å². The van der Waals surface area contributed by atoms with Gasteiger partial charge in [-0.05, 0) is 35.1 Å². The van der Waals surface area contributed by atoms with Crippen molar-refractivity contribution in [2.75, 3.05) is 19.7 Å². The van der Waals surface area contributed by atoms with E-state index in [1.54, 1.807) is 0 Å². The van der Waals surface area contributed by atoms with Crippen LogP contribution in [-0.2, 0) is 13.0 Å². The van der Waals surface area contributed by atoms with Gasteiger partial charge in [0.2, 0.25) is 0 Å². The highest BCUT2D eigenvalue weighted by Crippen LogP contribution is 2.36. The van der Waals surface area contributed by atoms with Crippen LogP contribution in [-0.4, -0.2) is 30.6 Å². The number of thiophene rings is 1. The van der Waals surface area contributed by atoms with Gasteiger partial charge in [0.25, 0.3) is 0 Å². The van der Waals surface area contributed by atoms with Gasteiger partial charge in [0.05, 0.1) is 12.6 Å². The van der Waals surface area contributed by atoms with Crippen molar-refractivity contribution in [1.29, 1.82) is 0 Å². The van der Waals surface area contributed by atoms with Crippen LogP contribution in [0.25, 0.3) is 0 Å². The number of rotatable bonds is 3. The van der Waals surface area contributed by atoms with Crippen LogP contribution in [0, 0.1) is 5.92 Å². The van der Waals surface area contributed by atoms with Crippen molar-refractivity contribution in [3.63, 3.8) is 0 Å². The van der Waals surface area contributed by atoms with Gasteiger partial charge >= 0.3 is 0 Å². The number of fused-ring (bicyclic) bond motifs is 2. The summed E-state index contributed by atoms with van der Waals surface area (Å²) in [6, 6.07) is 12.2. The Morgan fingerprint density at radius 2 is 2.25 bits per heavy atom. The van der Waals surface area contributed by atoms with Crippen LogP contribution >= 0.6 is 11.3 Å². The number of ether oxygens (including phenoxy) is 1. The average molecular weight is 341 g/mol. The van der Waals surface area contributed by atoms with Crippen LogP contribution in [0.5, 0.6) is 5.75 Å². The number of hydrogen-bond donors (Lipinski definition) is 2. The van der Waals surface area contributed by atoms with Crippen molar-refractivity contribution >= 4 is 11.3 Å². The molecular weight excluding hydrogens is 318 g/mol. The Balaban J connectivity index is 1.30. The molecule has 3 aliphatic rings. The zero-order valence-electron chi connectivity index (χ0n) is 13.7. The van der Waals surface area contributed by atoms with E-state index in [0.717, 1.165) is 31.9 Å². The summed E-state index contributed by atoms with van der Waals surface area (Å²) in [5.41, 5.74) is 9.86. The van der Waals surface area contributed by atoms with Gasteiger partial charge in [-0.2, -0.15) is 0 Å². The van der Waals surface area contributed by atoms with Crippen LogP contribution in [0.2, 0.25) is 0 Å². The van der Waals surface area contributed by atoms with Crippen molar-refractivity contribution in [2.24, 2.45) is 5.92 Å². The van der Waals surface area contributed by atoms with Crippen LogP contribution < -0.4 is 15.6 Å². The summed E-state index contributed by atoms with van der Waals surface area (Å²) in [7, 11) is 0. The molecule has 0 aliphatic carbocycles. The first-order valence-corrected chi connectivity index (χ1v) is 9.76. The largest absolute Gasteiger partial charge is 0.493 e. The van der Waals surface area contributed by atoms with E-state index in [1.165, 1.54) is 29.0 Å². The lowest BCUT2D eigenvalue weighted by molar-refractivity contribution is 0.148. The molecule has 3 unspecified atom stereocenters. The molecule has 126 valence electrons. The number of benzene rings is 1. The molecule has 1 aromatic carbocycles. The molecule has 2 N–H and O–H groups in total. The number of nitrogens with one attached hydrogen (secondary N) is 2. The Morgan fingerprint density at radius 3 is 3.17 bits per heavy atom. The summed E-state index contributed by atoms with van der Waals surface area (Å²) >= 11 is 1.86. The average Bonchev–Trinajstić information content (AvgIpc) is 3.34. The molecule has 3 aliphatic heterocycles. The molecule has 2 aromatic rings. The Hall–Kier alpha value is -1.40. The Morgan fingerprint density at radius 1 is 1.25 bits per heavy atom. The second kappa shape index (κ2) is 6.15. The molecule has 5 heteroatoms. The van der Waals surface area contributed by atoms with Crippen LogP contribution in [0.4, 0.5) is 0 Å².